The van der Waals surface area contributed by atoms with E-state index >= 15 is 0 Å². The number of aromatic hydroxyl groups is 1. The highest BCUT2D eigenvalue weighted by molar-refractivity contribution is 5.82. The van der Waals surface area contributed by atoms with Crippen molar-refractivity contribution in [2.24, 2.45) is 5.73 Å². The molecule has 1 unspecified atom stereocenters. The molecule has 0 bridgehead atoms. The van der Waals surface area contributed by atoms with Gasteiger partial charge in [0.25, 0.3) is 0 Å². The Morgan fingerprint density at radius 2 is 1.95 bits per heavy atom. The summed E-state index contributed by atoms with van der Waals surface area (Å²) in [7, 11) is 1.61. The predicted molar refractivity (Wildman–Crippen MR) is 78.5 cm³/mol. The van der Waals surface area contributed by atoms with Crippen molar-refractivity contribution >= 4 is 5.91 Å². The number of carbonyl (C=O) groups excluding carboxylic acids is 1. The van der Waals surface area contributed by atoms with Crippen LogP contribution in [0, 0.1) is 0 Å². The molecule has 1 amide bonds. The molecule has 20 heavy (non-hydrogen) atoms. The summed E-state index contributed by atoms with van der Waals surface area (Å²) in [6.45, 7) is 4.95. The summed E-state index contributed by atoms with van der Waals surface area (Å²) in [5.74, 6) is 0.127. The van der Waals surface area contributed by atoms with E-state index in [2.05, 4.69) is 0 Å². The molecule has 0 spiro atoms. The van der Waals surface area contributed by atoms with Crippen LogP contribution in [0.4, 0.5) is 0 Å². The van der Waals surface area contributed by atoms with Gasteiger partial charge in [-0.3, -0.25) is 4.79 Å². The molecule has 0 aromatic heterocycles. The van der Waals surface area contributed by atoms with Gasteiger partial charge < -0.3 is 20.5 Å². The van der Waals surface area contributed by atoms with Crippen molar-refractivity contribution < 1.29 is 14.6 Å². The lowest BCUT2D eigenvalue weighted by atomic mass is 10.0. The first-order valence-corrected chi connectivity index (χ1v) is 6.78. The number of benzene rings is 1. The van der Waals surface area contributed by atoms with Gasteiger partial charge >= 0.3 is 0 Å². The fourth-order valence-electron chi connectivity index (χ4n) is 2.00. The molecule has 0 fully saturated rings. The number of rotatable bonds is 7. The van der Waals surface area contributed by atoms with Crippen LogP contribution in [0.15, 0.2) is 24.3 Å². The van der Waals surface area contributed by atoms with E-state index in [1.54, 1.807) is 36.3 Å². The second-order valence-corrected chi connectivity index (χ2v) is 5.10. The van der Waals surface area contributed by atoms with Gasteiger partial charge in [0.15, 0.2) is 0 Å². The fourth-order valence-corrected chi connectivity index (χ4v) is 2.00. The summed E-state index contributed by atoms with van der Waals surface area (Å²) in [6, 6.07) is 6.24. The zero-order valence-corrected chi connectivity index (χ0v) is 12.4. The molecule has 0 aliphatic rings. The summed E-state index contributed by atoms with van der Waals surface area (Å²) < 4.78 is 5.02. The lowest BCUT2D eigenvalue weighted by Gasteiger charge is -2.29. The Balaban J connectivity index is 2.66. The topological polar surface area (TPSA) is 75.8 Å². The average molecular weight is 280 g/mol. The van der Waals surface area contributed by atoms with E-state index in [4.69, 9.17) is 10.5 Å². The van der Waals surface area contributed by atoms with E-state index in [0.717, 1.165) is 5.56 Å². The van der Waals surface area contributed by atoms with Gasteiger partial charge in [0.1, 0.15) is 5.75 Å². The van der Waals surface area contributed by atoms with Crippen LogP contribution >= 0.6 is 0 Å². The number of phenolic OH excluding ortho intramolecular Hbond substituents is 1. The number of methoxy groups -OCH3 is 1. The van der Waals surface area contributed by atoms with Crippen LogP contribution < -0.4 is 5.73 Å². The lowest BCUT2D eigenvalue weighted by Crippen LogP contribution is -2.49. The highest BCUT2D eigenvalue weighted by Gasteiger charge is 2.23. The highest BCUT2D eigenvalue weighted by atomic mass is 16.5. The molecular formula is C15H24N2O3. The Morgan fingerprint density at radius 3 is 2.45 bits per heavy atom. The molecule has 0 saturated carbocycles. The number of ether oxygens (including phenoxy) is 1. The third-order valence-electron chi connectivity index (χ3n) is 3.15. The van der Waals surface area contributed by atoms with E-state index in [1.165, 1.54) is 0 Å². The standard InChI is InChI=1S/C15H24N2O3/c1-11(2)17(8-9-20-3)15(19)14(16)10-12-4-6-13(18)7-5-12/h4-7,11,14,18H,8-10,16H2,1-3H3. The maximum absolute atomic E-state index is 12.4. The first-order valence-electron chi connectivity index (χ1n) is 6.78. The van der Waals surface area contributed by atoms with Gasteiger partial charge in [-0.05, 0) is 38.0 Å². The number of hydrogen-bond donors (Lipinski definition) is 2. The number of nitrogens with zero attached hydrogens (tertiary/aromatic N) is 1. The van der Waals surface area contributed by atoms with Gasteiger partial charge in [0.05, 0.1) is 12.6 Å². The molecule has 3 N–H and O–H groups in total. The third kappa shape index (κ3) is 4.83. The summed E-state index contributed by atoms with van der Waals surface area (Å²) in [6.07, 6.45) is 0.454. The van der Waals surface area contributed by atoms with Crippen molar-refractivity contribution in [2.45, 2.75) is 32.4 Å². The molecule has 5 nitrogen and oxygen atoms in total. The fraction of sp³-hybridized carbons (Fsp3) is 0.533. The monoisotopic (exact) mass is 280 g/mol. The minimum Gasteiger partial charge on any atom is -0.508 e. The maximum atomic E-state index is 12.4. The van der Waals surface area contributed by atoms with Crippen LogP contribution in [0.3, 0.4) is 0 Å². The van der Waals surface area contributed by atoms with Crippen LogP contribution in [0.25, 0.3) is 0 Å². The second kappa shape index (κ2) is 7.87. The van der Waals surface area contributed by atoms with Crippen molar-refractivity contribution in [1.29, 1.82) is 0 Å². The third-order valence-corrected chi connectivity index (χ3v) is 3.15. The van der Waals surface area contributed by atoms with Crippen LogP contribution in [-0.4, -0.2) is 48.3 Å². The van der Waals surface area contributed by atoms with Gasteiger partial charge in [0.2, 0.25) is 5.91 Å². The van der Waals surface area contributed by atoms with E-state index < -0.39 is 6.04 Å². The molecular weight excluding hydrogens is 256 g/mol. The summed E-state index contributed by atoms with van der Waals surface area (Å²) >= 11 is 0. The molecule has 0 saturated heterocycles. The second-order valence-electron chi connectivity index (χ2n) is 5.10. The average Bonchev–Trinajstić information content (AvgIpc) is 2.41. The number of carbonyl (C=O) groups is 1. The number of amides is 1. The minimum atomic E-state index is -0.584. The Morgan fingerprint density at radius 1 is 1.35 bits per heavy atom. The first kappa shape index (κ1) is 16.5. The lowest BCUT2D eigenvalue weighted by molar-refractivity contribution is -0.135. The molecule has 0 heterocycles. The minimum absolute atomic E-state index is 0.0786. The van der Waals surface area contributed by atoms with Crippen LogP contribution in [0.2, 0.25) is 0 Å². The summed E-state index contributed by atoms with van der Waals surface area (Å²) in [4.78, 5) is 14.1. The van der Waals surface area contributed by atoms with Crippen LogP contribution in [0.1, 0.15) is 19.4 Å². The van der Waals surface area contributed by atoms with Crippen molar-refractivity contribution in [3.63, 3.8) is 0 Å². The smallest absolute Gasteiger partial charge is 0.240 e. The Bertz CT molecular complexity index is 418. The van der Waals surface area contributed by atoms with Crippen LogP contribution in [-0.2, 0) is 16.0 Å². The molecule has 0 aliphatic heterocycles. The molecule has 0 radical (unpaired) electrons. The van der Waals surface area contributed by atoms with Gasteiger partial charge in [-0.2, -0.15) is 0 Å². The zero-order valence-electron chi connectivity index (χ0n) is 12.4. The first-order chi connectivity index (χ1) is 9.45. The number of phenols is 1. The van der Waals surface area contributed by atoms with Crippen molar-refractivity contribution in [3.8, 4) is 5.75 Å². The predicted octanol–water partition coefficient (Wildman–Crippen LogP) is 1.15. The number of nitrogens with two attached hydrogens (primary N) is 1. The number of hydrogen-bond acceptors (Lipinski definition) is 4. The quantitative estimate of drug-likeness (QED) is 0.785. The van der Waals surface area contributed by atoms with Crippen molar-refractivity contribution in [1.82, 2.24) is 4.90 Å². The van der Waals surface area contributed by atoms with Crippen LogP contribution in [0.5, 0.6) is 5.75 Å². The van der Waals surface area contributed by atoms with Gasteiger partial charge in [0, 0.05) is 19.7 Å². The molecule has 1 aromatic rings. The van der Waals surface area contributed by atoms with Gasteiger partial charge in [-0.25, -0.2) is 0 Å². The largest absolute Gasteiger partial charge is 0.508 e. The normalized spacial score (nSPS) is 12.4. The Hall–Kier alpha value is -1.59. The van der Waals surface area contributed by atoms with Gasteiger partial charge in [-0.15, -0.1) is 0 Å². The van der Waals surface area contributed by atoms with Gasteiger partial charge in [-0.1, -0.05) is 12.1 Å². The summed E-state index contributed by atoms with van der Waals surface area (Å²) in [5.41, 5.74) is 6.93. The SMILES string of the molecule is COCCN(C(=O)C(N)Cc1ccc(O)cc1)C(C)C. The highest BCUT2D eigenvalue weighted by Crippen LogP contribution is 2.12. The Kier molecular flexibility index (Phi) is 6.48. The Labute approximate surface area is 120 Å². The van der Waals surface area contributed by atoms with E-state index in [0.29, 0.717) is 19.6 Å². The molecule has 1 aromatic carbocycles. The molecule has 1 rings (SSSR count). The van der Waals surface area contributed by atoms with Crippen molar-refractivity contribution in [2.75, 3.05) is 20.3 Å². The van der Waals surface area contributed by atoms with E-state index in [1.807, 2.05) is 13.8 Å². The molecule has 5 heteroatoms. The summed E-state index contributed by atoms with van der Waals surface area (Å²) in [5, 5.41) is 9.24. The molecule has 0 aliphatic carbocycles. The maximum Gasteiger partial charge on any atom is 0.240 e. The zero-order chi connectivity index (χ0) is 15.1. The molecule has 1 atom stereocenters. The van der Waals surface area contributed by atoms with E-state index in [-0.39, 0.29) is 17.7 Å². The molecule has 112 valence electrons. The van der Waals surface area contributed by atoms with E-state index in [9.17, 15) is 9.90 Å². The van der Waals surface area contributed by atoms with Crippen molar-refractivity contribution in [3.05, 3.63) is 29.8 Å².